The van der Waals surface area contributed by atoms with Crippen molar-refractivity contribution < 1.29 is 44.3 Å². The van der Waals surface area contributed by atoms with Crippen LogP contribution in [0.15, 0.2) is 66.2 Å². The molecule has 3 aromatic rings. The Hall–Kier alpha value is -3.78. The van der Waals surface area contributed by atoms with Crippen molar-refractivity contribution in [1.82, 2.24) is 4.98 Å². The summed E-state index contributed by atoms with van der Waals surface area (Å²) in [6.45, 7) is 4.69. The van der Waals surface area contributed by atoms with Crippen LogP contribution in [0.1, 0.15) is 16.7 Å². The Morgan fingerprint density at radius 2 is 1.68 bits per heavy atom. The monoisotopic (exact) mass is 579 g/mol. The van der Waals surface area contributed by atoms with Crippen molar-refractivity contribution in [2.45, 2.75) is 24.2 Å². The molecule has 0 unspecified atom stereocenters. The van der Waals surface area contributed by atoms with E-state index in [0.29, 0.717) is 17.7 Å². The third-order valence-corrected chi connectivity index (χ3v) is 6.42. The Bertz CT molecular complexity index is 1510. The summed E-state index contributed by atoms with van der Waals surface area (Å²) in [7, 11) is -4.71. The molecule has 0 fully saturated rings. The van der Waals surface area contributed by atoms with Gasteiger partial charge in [-0.1, -0.05) is 18.2 Å². The molecule has 0 saturated heterocycles. The van der Waals surface area contributed by atoms with Crippen LogP contribution in [0.5, 0.6) is 11.6 Å². The lowest BCUT2D eigenvalue weighted by Crippen LogP contribution is -2.16. The minimum absolute atomic E-state index is 0.226. The largest absolute Gasteiger partial charge is 0.436 e. The molecule has 0 saturated carbocycles. The number of carbonyl (C=O) groups excluding carboxylic acids is 1. The summed E-state index contributed by atoms with van der Waals surface area (Å²) in [5.41, 5.74) is -3.07. The second-order valence-corrected chi connectivity index (χ2v) is 9.70. The first-order valence-electron chi connectivity index (χ1n) is 10.2. The Morgan fingerprint density at radius 3 is 2.29 bits per heavy atom. The lowest BCUT2D eigenvalue weighted by molar-refractivity contribution is -0.139. The number of nitrogens with zero attached hydrogens (tertiary/aromatic N) is 1. The van der Waals surface area contributed by atoms with Crippen molar-refractivity contribution >= 4 is 38.9 Å². The molecule has 1 aromatic heterocycles. The van der Waals surface area contributed by atoms with Crippen LogP contribution in [0.4, 0.5) is 37.7 Å². The third-order valence-electron chi connectivity index (χ3n) is 4.73. The standard InChI is InChI=1S/C23H16ClF6N3O4S/c1-3-20(34)32-13-4-7-19(16(9-13)23(28,29)30)37-21-18(8-12(2)11-31-21)33-38(35,36)14-5-6-17(24)15(10-14)22(25,26)27/h3-11,33H,1H2,2H3,(H,32,34). The number of ether oxygens (including phenoxy) is 1. The Morgan fingerprint density at radius 1 is 1.03 bits per heavy atom. The second-order valence-electron chi connectivity index (χ2n) is 7.61. The van der Waals surface area contributed by atoms with E-state index in [1.54, 1.807) is 0 Å². The highest BCUT2D eigenvalue weighted by Gasteiger charge is 2.36. The first kappa shape index (κ1) is 28.8. The van der Waals surface area contributed by atoms with Crippen LogP contribution in [0, 0.1) is 6.92 Å². The van der Waals surface area contributed by atoms with Gasteiger partial charge in [0.15, 0.2) is 0 Å². The number of benzene rings is 2. The van der Waals surface area contributed by atoms with E-state index < -0.39 is 66.6 Å². The maximum Gasteiger partial charge on any atom is 0.420 e. The molecule has 1 amide bonds. The first-order valence-corrected chi connectivity index (χ1v) is 12.1. The Labute approximate surface area is 217 Å². The summed E-state index contributed by atoms with van der Waals surface area (Å²) >= 11 is 5.54. The lowest BCUT2D eigenvalue weighted by atomic mass is 10.1. The number of rotatable bonds is 7. The molecular weight excluding hydrogens is 564 g/mol. The maximum atomic E-state index is 13.7. The summed E-state index contributed by atoms with van der Waals surface area (Å²) in [4.78, 5) is 14.5. The number of aryl methyl sites for hydroxylation is 1. The average Bonchev–Trinajstić information content (AvgIpc) is 2.80. The summed E-state index contributed by atoms with van der Waals surface area (Å²) in [5.74, 6) is -2.19. The number of amides is 1. The molecule has 202 valence electrons. The minimum atomic E-state index is -4.97. The quantitative estimate of drug-likeness (QED) is 0.237. The van der Waals surface area contributed by atoms with Gasteiger partial charge in [-0.05, 0) is 61.0 Å². The predicted octanol–water partition coefficient (Wildman–Crippen LogP) is 6.80. The lowest BCUT2D eigenvalue weighted by Gasteiger charge is -2.18. The number of carbonyl (C=O) groups is 1. The van der Waals surface area contributed by atoms with Gasteiger partial charge in [-0.15, -0.1) is 0 Å². The van der Waals surface area contributed by atoms with E-state index in [1.165, 1.54) is 13.1 Å². The van der Waals surface area contributed by atoms with E-state index >= 15 is 0 Å². The number of pyridine rings is 1. The summed E-state index contributed by atoms with van der Waals surface area (Å²) in [6.07, 6.45) is -7.90. The van der Waals surface area contributed by atoms with E-state index in [0.717, 1.165) is 36.4 Å². The van der Waals surface area contributed by atoms with Crippen molar-refractivity contribution in [2.24, 2.45) is 0 Å². The van der Waals surface area contributed by atoms with Gasteiger partial charge < -0.3 is 10.1 Å². The van der Waals surface area contributed by atoms with Gasteiger partial charge in [-0.25, -0.2) is 13.4 Å². The molecule has 15 heteroatoms. The van der Waals surface area contributed by atoms with Gasteiger partial charge in [0.25, 0.3) is 10.0 Å². The molecule has 0 aliphatic heterocycles. The smallest absolute Gasteiger partial charge is 0.420 e. The SMILES string of the molecule is C=CC(=O)Nc1ccc(Oc2ncc(C)cc2NS(=O)(=O)c2ccc(Cl)c(C(F)(F)F)c2)c(C(F)(F)F)c1. The first-order chi connectivity index (χ1) is 17.5. The molecule has 3 rings (SSSR count). The second kappa shape index (κ2) is 10.5. The fraction of sp³-hybridized carbons (Fsp3) is 0.130. The van der Waals surface area contributed by atoms with Crippen LogP contribution >= 0.6 is 11.6 Å². The number of hydrogen-bond donors (Lipinski definition) is 2. The van der Waals surface area contributed by atoms with Gasteiger partial charge in [0.05, 0.1) is 15.5 Å². The highest BCUT2D eigenvalue weighted by molar-refractivity contribution is 7.92. The van der Waals surface area contributed by atoms with Crippen molar-refractivity contribution in [2.75, 3.05) is 10.0 Å². The molecule has 2 N–H and O–H groups in total. The normalized spacial score (nSPS) is 12.1. The summed E-state index contributed by atoms with van der Waals surface area (Å²) in [6, 6.07) is 5.58. The third kappa shape index (κ3) is 6.75. The van der Waals surface area contributed by atoms with Crippen LogP contribution in [0.25, 0.3) is 0 Å². The molecule has 0 bridgehead atoms. The molecule has 7 nitrogen and oxygen atoms in total. The highest BCUT2D eigenvalue weighted by Crippen LogP contribution is 2.41. The number of hydrogen-bond acceptors (Lipinski definition) is 5. The van der Waals surface area contributed by atoms with Crippen LogP contribution < -0.4 is 14.8 Å². The molecule has 0 radical (unpaired) electrons. The van der Waals surface area contributed by atoms with Crippen LogP contribution in [-0.4, -0.2) is 19.3 Å². The molecule has 0 aliphatic carbocycles. The van der Waals surface area contributed by atoms with Crippen molar-refractivity contribution in [3.8, 4) is 11.6 Å². The maximum absolute atomic E-state index is 13.7. The van der Waals surface area contributed by atoms with Gasteiger partial charge in [-0.3, -0.25) is 9.52 Å². The van der Waals surface area contributed by atoms with E-state index in [-0.39, 0.29) is 5.69 Å². The van der Waals surface area contributed by atoms with E-state index in [9.17, 15) is 39.6 Å². The van der Waals surface area contributed by atoms with Crippen molar-refractivity contribution in [3.05, 3.63) is 83.0 Å². The average molecular weight is 580 g/mol. The van der Waals surface area contributed by atoms with Crippen LogP contribution in [0.2, 0.25) is 5.02 Å². The van der Waals surface area contributed by atoms with Gasteiger partial charge in [0.1, 0.15) is 17.0 Å². The topological polar surface area (TPSA) is 97.4 Å². The van der Waals surface area contributed by atoms with E-state index in [4.69, 9.17) is 16.3 Å². The zero-order chi connectivity index (χ0) is 28.5. The van der Waals surface area contributed by atoms with Crippen LogP contribution in [0.3, 0.4) is 0 Å². The van der Waals surface area contributed by atoms with Gasteiger partial charge >= 0.3 is 12.4 Å². The van der Waals surface area contributed by atoms with Crippen molar-refractivity contribution in [3.63, 3.8) is 0 Å². The predicted molar refractivity (Wildman–Crippen MR) is 127 cm³/mol. The zero-order valence-electron chi connectivity index (χ0n) is 19.0. The minimum Gasteiger partial charge on any atom is -0.436 e. The van der Waals surface area contributed by atoms with Gasteiger partial charge in [0.2, 0.25) is 11.8 Å². The number of aromatic nitrogens is 1. The Balaban J connectivity index is 2.03. The van der Waals surface area contributed by atoms with Gasteiger partial charge in [-0.2, -0.15) is 26.3 Å². The molecule has 0 atom stereocenters. The molecular formula is C23H16ClF6N3O4S. The zero-order valence-corrected chi connectivity index (χ0v) is 20.6. The van der Waals surface area contributed by atoms with E-state index in [1.807, 2.05) is 4.72 Å². The van der Waals surface area contributed by atoms with Crippen molar-refractivity contribution in [1.29, 1.82) is 0 Å². The van der Waals surface area contributed by atoms with Gasteiger partial charge in [0, 0.05) is 11.9 Å². The van der Waals surface area contributed by atoms with Crippen LogP contribution in [-0.2, 0) is 27.2 Å². The fourth-order valence-corrected chi connectivity index (χ4v) is 4.32. The molecule has 0 aliphatic rings. The molecule has 38 heavy (non-hydrogen) atoms. The number of halogens is 7. The number of sulfonamides is 1. The molecule has 2 aromatic carbocycles. The summed E-state index contributed by atoms with van der Waals surface area (Å²) < 4.78 is 114. The Kier molecular flexibility index (Phi) is 7.98. The number of nitrogens with one attached hydrogen (secondary N) is 2. The van der Waals surface area contributed by atoms with E-state index in [2.05, 4.69) is 16.9 Å². The highest BCUT2D eigenvalue weighted by atomic mass is 35.5. The fourth-order valence-electron chi connectivity index (χ4n) is 3.02. The summed E-state index contributed by atoms with van der Waals surface area (Å²) in [5, 5.41) is 1.44. The molecule has 0 spiro atoms. The number of alkyl halides is 6. The number of anilines is 2. The molecule has 1 heterocycles.